The van der Waals surface area contributed by atoms with Crippen LogP contribution in [0.15, 0.2) is 36.5 Å². The van der Waals surface area contributed by atoms with Gasteiger partial charge in [0.15, 0.2) is 0 Å². The van der Waals surface area contributed by atoms with Crippen molar-refractivity contribution in [2.45, 2.75) is 38.7 Å². The average molecular weight is 253 g/mol. The van der Waals surface area contributed by atoms with E-state index in [4.69, 9.17) is 0 Å². The highest BCUT2D eigenvalue weighted by Crippen LogP contribution is 2.25. The second kappa shape index (κ2) is 5.14. The van der Waals surface area contributed by atoms with Crippen LogP contribution in [0.1, 0.15) is 40.5 Å². The first-order valence-electron chi connectivity index (χ1n) is 6.94. The summed E-state index contributed by atoms with van der Waals surface area (Å²) in [6, 6.07) is 10.5. The van der Waals surface area contributed by atoms with Crippen LogP contribution in [0.4, 0.5) is 0 Å². The summed E-state index contributed by atoms with van der Waals surface area (Å²) in [5, 5.41) is 10.3. The molecule has 0 aliphatic heterocycles. The van der Waals surface area contributed by atoms with Crippen LogP contribution in [0, 0.1) is 6.92 Å². The lowest BCUT2D eigenvalue weighted by Gasteiger charge is -2.13. The van der Waals surface area contributed by atoms with Crippen LogP contribution in [0.25, 0.3) is 0 Å². The molecular formula is C17H19NO. The minimum Gasteiger partial charge on any atom is -0.386 e. The van der Waals surface area contributed by atoms with Crippen LogP contribution in [-0.4, -0.2) is 10.1 Å². The van der Waals surface area contributed by atoms with Gasteiger partial charge >= 0.3 is 0 Å². The van der Waals surface area contributed by atoms with Crippen molar-refractivity contribution in [3.8, 4) is 0 Å². The normalized spacial score (nSPS) is 15.3. The Hall–Kier alpha value is -1.67. The molecule has 1 aromatic heterocycles. The highest BCUT2D eigenvalue weighted by molar-refractivity contribution is 5.36. The van der Waals surface area contributed by atoms with E-state index in [0.717, 1.165) is 11.3 Å². The molecule has 1 aliphatic rings. The number of aliphatic hydroxyl groups is 1. The van der Waals surface area contributed by atoms with Gasteiger partial charge in [-0.05, 0) is 54.5 Å². The fraction of sp³-hybridized carbons (Fsp3) is 0.353. The van der Waals surface area contributed by atoms with Crippen molar-refractivity contribution in [1.29, 1.82) is 0 Å². The molecule has 1 N–H and O–H groups in total. The predicted molar refractivity (Wildman–Crippen MR) is 76.1 cm³/mol. The molecule has 0 amide bonds. The van der Waals surface area contributed by atoms with Crippen molar-refractivity contribution in [1.82, 2.24) is 4.98 Å². The summed E-state index contributed by atoms with van der Waals surface area (Å²) in [5.41, 5.74) is 5.99. The van der Waals surface area contributed by atoms with E-state index in [0.29, 0.717) is 6.42 Å². The minimum absolute atomic E-state index is 0.513. The molecule has 1 atom stereocenters. The largest absolute Gasteiger partial charge is 0.386 e. The van der Waals surface area contributed by atoms with Crippen LogP contribution in [0.3, 0.4) is 0 Å². The highest BCUT2D eigenvalue weighted by atomic mass is 16.3. The summed E-state index contributed by atoms with van der Waals surface area (Å²) < 4.78 is 0. The number of nitrogens with zero attached hydrogens (tertiary/aromatic N) is 1. The summed E-state index contributed by atoms with van der Waals surface area (Å²) in [6.45, 7) is 1.99. The maximum atomic E-state index is 10.3. The number of aryl methyl sites for hydroxylation is 3. The number of hydrogen-bond donors (Lipinski definition) is 1. The Balaban J connectivity index is 1.80. The molecule has 2 heteroatoms. The smallest absolute Gasteiger partial charge is 0.100 e. The van der Waals surface area contributed by atoms with E-state index < -0.39 is 6.10 Å². The molecule has 3 rings (SSSR count). The lowest BCUT2D eigenvalue weighted by atomic mass is 9.99. The average Bonchev–Trinajstić information content (AvgIpc) is 2.86. The molecule has 2 nitrogen and oxygen atoms in total. The van der Waals surface area contributed by atoms with Gasteiger partial charge in [-0.25, -0.2) is 0 Å². The lowest BCUT2D eigenvalue weighted by molar-refractivity contribution is 0.173. The Labute approximate surface area is 114 Å². The Morgan fingerprint density at radius 2 is 2.05 bits per heavy atom. The maximum absolute atomic E-state index is 10.3. The maximum Gasteiger partial charge on any atom is 0.100 e. The van der Waals surface area contributed by atoms with Crippen molar-refractivity contribution < 1.29 is 5.11 Å². The molecular weight excluding hydrogens is 234 g/mol. The van der Waals surface area contributed by atoms with Gasteiger partial charge in [-0.1, -0.05) is 24.3 Å². The van der Waals surface area contributed by atoms with E-state index in [1.165, 1.54) is 36.0 Å². The standard InChI is InChI=1S/C17H19NO/c1-12-4-3-9-18-17(12)16(19)11-13-7-8-14-5-2-6-15(14)10-13/h3-4,7-10,16,19H,2,5-6,11H2,1H3. The van der Waals surface area contributed by atoms with E-state index in [1.807, 2.05) is 19.1 Å². The summed E-state index contributed by atoms with van der Waals surface area (Å²) in [6.07, 6.45) is 5.53. The number of aliphatic hydroxyl groups excluding tert-OH is 1. The first-order chi connectivity index (χ1) is 9.24. The number of benzene rings is 1. The SMILES string of the molecule is Cc1cccnc1C(O)Cc1ccc2c(c1)CCC2. The molecule has 0 saturated heterocycles. The third-order valence-electron chi connectivity index (χ3n) is 3.96. The van der Waals surface area contributed by atoms with Crippen LogP contribution >= 0.6 is 0 Å². The molecule has 19 heavy (non-hydrogen) atoms. The van der Waals surface area contributed by atoms with Crippen molar-refractivity contribution in [3.05, 3.63) is 64.5 Å². The molecule has 0 radical (unpaired) electrons. The summed E-state index contributed by atoms with van der Waals surface area (Å²) in [4.78, 5) is 4.30. The molecule has 2 aromatic rings. The molecule has 0 bridgehead atoms. The zero-order chi connectivity index (χ0) is 13.2. The van der Waals surface area contributed by atoms with Gasteiger partial charge in [0.25, 0.3) is 0 Å². The monoisotopic (exact) mass is 253 g/mol. The molecule has 98 valence electrons. The van der Waals surface area contributed by atoms with Crippen molar-refractivity contribution in [3.63, 3.8) is 0 Å². The third-order valence-corrected chi connectivity index (χ3v) is 3.96. The van der Waals surface area contributed by atoms with Gasteiger partial charge < -0.3 is 5.11 Å². The van der Waals surface area contributed by atoms with Crippen LogP contribution < -0.4 is 0 Å². The molecule has 0 spiro atoms. The lowest BCUT2D eigenvalue weighted by Crippen LogP contribution is -2.06. The Kier molecular flexibility index (Phi) is 3.34. The zero-order valence-electron chi connectivity index (χ0n) is 11.3. The van der Waals surface area contributed by atoms with Gasteiger partial charge in [0.2, 0.25) is 0 Å². The third kappa shape index (κ3) is 2.54. The van der Waals surface area contributed by atoms with Crippen LogP contribution in [0.2, 0.25) is 0 Å². The fourth-order valence-electron chi connectivity index (χ4n) is 2.92. The van der Waals surface area contributed by atoms with Crippen LogP contribution in [-0.2, 0) is 19.3 Å². The van der Waals surface area contributed by atoms with Gasteiger partial charge in [0.05, 0.1) is 5.69 Å². The number of hydrogen-bond acceptors (Lipinski definition) is 2. The van der Waals surface area contributed by atoms with Gasteiger partial charge in [0.1, 0.15) is 6.10 Å². The highest BCUT2D eigenvalue weighted by Gasteiger charge is 2.15. The van der Waals surface area contributed by atoms with Crippen LogP contribution in [0.5, 0.6) is 0 Å². The molecule has 0 fully saturated rings. The van der Waals surface area contributed by atoms with E-state index >= 15 is 0 Å². The molecule has 1 aliphatic carbocycles. The first kappa shape index (κ1) is 12.4. The fourth-order valence-corrected chi connectivity index (χ4v) is 2.92. The summed E-state index contributed by atoms with van der Waals surface area (Å²) in [7, 11) is 0. The number of pyridine rings is 1. The summed E-state index contributed by atoms with van der Waals surface area (Å²) in [5.74, 6) is 0. The van der Waals surface area contributed by atoms with E-state index in [1.54, 1.807) is 6.20 Å². The topological polar surface area (TPSA) is 33.1 Å². The quantitative estimate of drug-likeness (QED) is 0.911. The van der Waals surface area contributed by atoms with E-state index in [2.05, 4.69) is 23.2 Å². The van der Waals surface area contributed by atoms with E-state index in [9.17, 15) is 5.11 Å². The molecule has 1 unspecified atom stereocenters. The molecule has 0 saturated carbocycles. The second-order valence-corrected chi connectivity index (χ2v) is 5.38. The number of rotatable bonds is 3. The Morgan fingerprint density at radius 3 is 2.89 bits per heavy atom. The van der Waals surface area contributed by atoms with Crippen molar-refractivity contribution >= 4 is 0 Å². The number of aromatic nitrogens is 1. The van der Waals surface area contributed by atoms with E-state index in [-0.39, 0.29) is 0 Å². The van der Waals surface area contributed by atoms with Crippen molar-refractivity contribution in [2.24, 2.45) is 0 Å². The Morgan fingerprint density at radius 1 is 1.21 bits per heavy atom. The summed E-state index contributed by atoms with van der Waals surface area (Å²) >= 11 is 0. The Bertz CT molecular complexity index is 592. The first-order valence-corrected chi connectivity index (χ1v) is 6.94. The zero-order valence-corrected chi connectivity index (χ0v) is 11.3. The van der Waals surface area contributed by atoms with Gasteiger partial charge in [-0.2, -0.15) is 0 Å². The minimum atomic E-state index is -0.513. The number of fused-ring (bicyclic) bond motifs is 1. The van der Waals surface area contributed by atoms with Gasteiger partial charge in [-0.15, -0.1) is 0 Å². The van der Waals surface area contributed by atoms with Gasteiger partial charge in [-0.3, -0.25) is 4.98 Å². The second-order valence-electron chi connectivity index (χ2n) is 5.38. The predicted octanol–water partition coefficient (Wildman–Crippen LogP) is 3.15. The molecule has 1 heterocycles. The van der Waals surface area contributed by atoms with Gasteiger partial charge in [0, 0.05) is 12.6 Å². The van der Waals surface area contributed by atoms with Crippen molar-refractivity contribution in [2.75, 3.05) is 0 Å². The molecule has 1 aromatic carbocycles.